The highest BCUT2D eigenvalue weighted by molar-refractivity contribution is 5.89. The fourth-order valence-electron chi connectivity index (χ4n) is 1.47. The molecule has 0 aliphatic rings. The molecule has 0 atom stereocenters. The Labute approximate surface area is 99.3 Å². The Balaban J connectivity index is 2.29. The molecule has 2 aromatic heterocycles. The number of aromatic nitrogens is 3. The average Bonchev–Trinajstić information content (AvgIpc) is 2.82. The van der Waals surface area contributed by atoms with Crippen LogP contribution >= 0.6 is 0 Å². The fraction of sp³-hybridized carbons (Fsp3) is 0.364. The highest BCUT2D eigenvalue weighted by Crippen LogP contribution is 2.18. The second-order valence-electron chi connectivity index (χ2n) is 4.03. The third kappa shape index (κ3) is 2.35. The molecule has 2 aromatic rings. The number of nitrogens with one attached hydrogen (secondary N) is 1. The predicted octanol–water partition coefficient (Wildman–Crippen LogP) is 1.83. The van der Waals surface area contributed by atoms with Crippen LogP contribution in [-0.2, 0) is 0 Å². The van der Waals surface area contributed by atoms with Crippen LogP contribution in [0.4, 0.5) is 11.6 Å². The van der Waals surface area contributed by atoms with Crippen LogP contribution in [0, 0.1) is 13.8 Å². The van der Waals surface area contributed by atoms with Crippen LogP contribution in [-0.4, -0.2) is 35.7 Å². The summed E-state index contributed by atoms with van der Waals surface area (Å²) >= 11 is 0. The molecule has 6 nitrogen and oxygen atoms in total. The van der Waals surface area contributed by atoms with Gasteiger partial charge in [0.15, 0.2) is 11.6 Å². The summed E-state index contributed by atoms with van der Waals surface area (Å²) in [5, 5.41) is 10.9. The second kappa shape index (κ2) is 4.40. The lowest BCUT2D eigenvalue weighted by atomic mass is 10.2. The number of rotatable bonds is 3. The molecule has 6 heteroatoms. The maximum Gasteiger partial charge on any atom is 0.195 e. The number of nitrogens with zero attached hydrogens (tertiary/aromatic N) is 4. The van der Waals surface area contributed by atoms with Crippen molar-refractivity contribution in [3.63, 3.8) is 0 Å². The Kier molecular flexibility index (Phi) is 2.95. The fourth-order valence-corrected chi connectivity index (χ4v) is 1.47. The third-order valence-corrected chi connectivity index (χ3v) is 2.34. The van der Waals surface area contributed by atoms with Crippen molar-refractivity contribution in [1.82, 2.24) is 15.4 Å². The van der Waals surface area contributed by atoms with Crippen molar-refractivity contribution in [2.75, 3.05) is 19.0 Å². The van der Waals surface area contributed by atoms with Crippen molar-refractivity contribution in [2.45, 2.75) is 13.8 Å². The molecule has 17 heavy (non-hydrogen) atoms. The molecule has 90 valence electrons. The van der Waals surface area contributed by atoms with E-state index in [0.717, 1.165) is 22.8 Å². The molecule has 0 aromatic carbocycles. The lowest BCUT2D eigenvalue weighted by Gasteiger charge is -2.08. The number of aryl methyl sites for hydroxylation is 2. The molecule has 2 rings (SSSR count). The minimum Gasteiger partial charge on any atom is -0.361 e. The summed E-state index contributed by atoms with van der Waals surface area (Å²) in [6, 6.07) is 1.78. The summed E-state index contributed by atoms with van der Waals surface area (Å²) in [5.74, 6) is 2.16. The van der Waals surface area contributed by atoms with E-state index in [0.29, 0.717) is 5.82 Å². The minimum absolute atomic E-state index is 0.563. The van der Waals surface area contributed by atoms with Crippen LogP contribution < -0.4 is 4.90 Å². The summed E-state index contributed by atoms with van der Waals surface area (Å²) in [6.45, 7) is 3.79. The molecule has 0 spiro atoms. The van der Waals surface area contributed by atoms with Gasteiger partial charge in [0.25, 0.3) is 0 Å². The molecule has 0 aliphatic heterocycles. The van der Waals surface area contributed by atoms with E-state index in [1.165, 1.54) is 0 Å². The molecule has 0 aliphatic carbocycles. The first-order chi connectivity index (χ1) is 8.08. The standard InChI is InChI=1S/C11H15N5O/c1-7-5-10(15-17-7)12-6-9-8(2)13-14-11(9)16(3)4/h5-6H,1-4H3,(H,13,14). The summed E-state index contributed by atoms with van der Waals surface area (Å²) in [5.41, 5.74) is 1.92. The van der Waals surface area contributed by atoms with Gasteiger partial charge in [-0.25, -0.2) is 4.99 Å². The van der Waals surface area contributed by atoms with Gasteiger partial charge >= 0.3 is 0 Å². The van der Waals surface area contributed by atoms with E-state index in [9.17, 15) is 0 Å². The van der Waals surface area contributed by atoms with Crippen molar-refractivity contribution in [3.8, 4) is 0 Å². The van der Waals surface area contributed by atoms with E-state index in [1.807, 2.05) is 32.8 Å². The van der Waals surface area contributed by atoms with E-state index in [2.05, 4.69) is 20.3 Å². The Bertz CT molecular complexity index is 538. The maximum atomic E-state index is 4.94. The molecule has 0 fully saturated rings. The number of hydrogen-bond donors (Lipinski definition) is 1. The highest BCUT2D eigenvalue weighted by Gasteiger charge is 2.09. The van der Waals surface area contributed by atoms with Crippen LogP contribution in [0.2, 0.25) is 0 Å². The molecule has 0 unspecified atom stereocenters. The third-order valence-electron chi connectivity index (χ3n) is 2.34. The summed E-state index contributed by atoms with van der Waals surface area (Å²) in [6.07, 6.45) is 1.74. The van der Waals surface area contributed by atoms with E-state index >= 15 is 0 Å². The smallest absolute Gasteiger partial charge is 0.195 e. The molecule has 0 radical (unpaired) electrons. The number of aromatic amines is 1. The molecular weight excluding hydrogens is 218 g/mol. The van der Waals surface area contributed by atoms with Crippen molar-refractivity contribution in [1.29, 1.82) is 0 Å². The monoisotopic (exact) mass is 233 g/mol. The second-order valence-corrected chi connectivity index (χ2v) is 4.03. The van der Waals surface area contributed by atoms with Crippen molar-refractivity contribution < 1.29 is 4.52 Å². The molecular formula is C11H15N5O. The first kappa shape index (κ1) is 11.4. The van der Waals surface area contributed by atoms with Gasteiger partial charge in [-0.15, -0.1) is 0 Å². The quantitative estimate of drug-likeness (QED) is 0.821. The van der Waals surface area contributed by atoms with Crippen molar-refractivity contribution in [3.05, 3.63) is 23.1 Å². The van der Waals surface area contributed by atoms with Crippen molar-refractivity contribution in [2.24, 2.45) is 4.99 Å². The predicted molar refractivity (Wildman–Crippen MR) is 66.1 cm³/mol. The Morgan fingerprint density at radius 3 is 2.76 bits per heavy atom. The summed E-state index contributed by atoms with van der Waals surface area (Å²) in [4.78, 5) is 6.19. The van der Waals surface area contributed by atoms with Gasteiger partial charge in [0.1, 0.15) is 5.76 Å². The van der Waals surface area contributed by atoms with Crippen LogP contribution in [0.5, 0.6) is 0 Å². The van der Waals surface area contributed by atoms with Crippen LogP contribution in [0.1, 0.15) is 17.0 Å². The lowest BCUT2D eigenvalue weighted by Crippen LogP contribution is -2.11. The van der Waals surface area contributed by atoms with Crippen LogP contribution in [0.15, 0.2) is 15.6 Å². The highest BCUT2D eigenvalue weighted by atomic mass is 16.5. The van der Waals surface area contributed by atoms with Crippen molar-refractivity contribution >= 4 is 17.9 Å². The van der Waals surface area contributed by atoms with Gasteiger partial charge in [0.2, 0.25) is 0 Å². The van der Waals surface area contributed by atoms with Gasteiger partial charge in [-0.05, 0) is 13.8 Å². The topological polar surface area (TPSA) is 70.3 Å². The zero-order valence-corrected chi connectivity index (χ0v) is 10.4. The average molecular weight is 233 g/mol. The SMILES string of the molecule is Cc1cc(N=Cc2c(N(C)C)n[nH]c2C)no1. The van der Waals surface area contributed by atoms with E-state index in [-0.39, 0.29) is 0 Å². The summed E-state index contributed by atoms with van der Waals surface area (Å²) < 4.78 is 4.94. The number of H-pyrrole nitrogens is 1. The normalized spacial score (nSPS) is 11.3. The molecule has 0 saturated heterocycles. The molecule has 2 heterocycles. The van der Waals surface area contributed by atoms with Crippen LogP contribution in [0.3, 0.4) is 0 Å². The Hall–Kier alpha value is -2.11. The largest absolute Gasteiger partial charge is 0.361 e. The zero-order chi connectivity index (χ0) is 12.4. The molecule has 1 N–H and O–H groups in total. The Morgan fingerprint density at radius 2 is 2.18 bits per heavy atom. The van der Waals surface area contributed by atoms with E-state index in [1.54, 1.807) is 12.3 Å². The van der Waals surface area contributed by atoms with Gasteiger partial charge in [-0.2, -0.15) is 5.10 Å². The van der Waals surface area contributed by atoms with Crippen LogP contribution in [0.25, 0.3) is 0 Å². The van der Waals surface area contributed by atoms with Gasteiger partial charge < -0.3 is 9.42 Å². The lowest BCUT2D eigenvalue weighted by molar-refractivity contribution is 0.399. The van der Waals surface area contributed by atoms with Gasteiger partial charge in [-0.3, -0.25) is 5.10 Å². The number of hydrogen-bond acceptors (Lipinski definition) is 5. The van der Waals surface area contributed by atoms with Gasteiger partial charge in [0.05, 0.1) is 5.56 Å². The molecule has 0 saturated carbocycles. The molecule has 0 amide bonds. The molecule has 0 bridgehead atoms. The first-order valence-corrected chi connectivity index (χ1v) is 5.27. The van der Waals surface area contributed by atoms with Gasteiger partial charge in [-0.1, -0.05) is 5.16 Å². The zero-order valence-electron chi connectivity index (χ0n) is 10.4. The number of anilines is 1. The van der Waals surface area contributed by atoms with E-state index in [4.69, 9.17) is 4.52 Å². The van der Waals surface area contributed by atoms with Gasteiger partial charge in [0, 0.05) is 32.1 Å². The minimum atomic E-state index is 0.563. The Morgan fingerprint density at radius 1 is 1.41 bits per heavy atom. The first-order valence-electron chi connectivity index (χ1n) is 5.27. The summed E-state index contributed by atoms with van der Waals surface area (Å²) in [7, 11) is 3.88. The van der Waals surface area contributed by atoms with E-state index < -0.39 is 0 Å². The maximum absolute atomic E-state index is 4.94. The number of aliphatic imine (C=N–C) groups is 1.